The molecule has 2 aromatic rings. The maximum absolute atomic E-state index is 5.72. The molecule has 4 nitrogen and oxygen atoms in total. The molecule has 2 N–H and O–H groups in total. The standard InChI is InChI=1S/C11H13N3O.C2H4/c1-15-10-4-2-9(3-5-10)8-14-11(12)6-7-13-14;1-2/h2-7H,8,12H2,1H3;1-2H2. The smallest absolute Gasteiger partial charge is 0.122 e. The number of ether oxygens (including phenoxy) is 1. The van der Waals surface area contributed by atoms with Crippen LogP contribution in [0.5, 0.6) is 5.75 Å². The second-order valence-corrected chi connectivity index (χ2v) is 3.26. The van der Waals surface area contributed by atoms with Crippen molar-refractivity contribution in [1.29, 1.82) is 0 Å². The summed E-state index contributed by atoms with van der Waals surface area (Å²) >= 11 is 0. The van der Waals surface area contributed by atoms with E-state index < -0.39 is 0 Å². The zero-order valence-corrected chi connectivity index (χ0v) is 9.97. The van der Waals surface area contributed by atoms with Crippen LogP contribution >= 0.6 is 0 Å². The van der Waals surface area contributed by atoms with Gasteiger partial charge in [0, 0.05) is 0 Å². The number of methoxy groups -OCH3 is 1. The van der Waals surface area contributed by atoms with Gasteiger partial charge in [0.15, 0.2) is 0 Å². The predicted octanol–water partition coefficient (Wildman–Crippen LogP) is 2.32. The topological polar surface area (TPSA) is 53.1 Å². The molecular weight excluding hydrogens is 214 g/mol. The van der Waals surface area contributed by atoms with Crippen molar-refractivity contribution in [2.24, 2.45) is 0 Å². The third-order valence-electron chi connectivity index (χ3n) is 2.24. The first-order chi connectivity index (χ1) is 8.29. The first-order valence-electron chi connectivity index (χ1n) is 5.20. The lowest BCUT2D eigenvalue weighted by Gasteiger charge is -2.05. The maximum Gasteiger partial charge on any atom is 0.122 e. The minimum Gasteiger partial charge on any atom is -0.497 e. The molecule has 0 saturated carbocycles. The molecule has 0 atom stereocenters. The quantitative estimate of drug-likeness (QED) is 0.825. The van der Waals surface area contributed by atoms with Crippen molar-refractivity contribution in [3.05, 3.63) is 55.3 Å². The highest BCUT2D eigenvalue weighted by atomic mass is 16.5. The molecule has 17 heavy (non-hydrogen) atoms. The number of nitrogen functional groups attached to an aromatic ring is 1. The van der Waals surface area contributed by atoms with Gasteiger partial charge in [0.2, 0.25) is 0 Å². The van der Waals surface area contributed by atoms with Gasteiger partial charge in [-0.3, -0.25) is 0 Å². The van der Waals surface area contributed by atoms with Gasteiger partial charge in [-0.2, -0.15) is 5.10 Å². The highest BCUT2D eigenvalue weighted by Gasteiger charge is 1.99. The summed E-state index contributed by atoms with van der Waals surface area (Å²) in [6, 6.07) is 9.63. The Hall–Kier alpha value is -2.23. The van der Waals surface area contributed by atoms with E-state index in [1.807, 2.05) is 24.3 Å². The molecule has 0 bridgehead atoms. The largest absolute Gasteiger partial charge is 0.497 e. The third-order valence-corrected chi connectivity index (χ3v) is 2.24. The van der Waals surface area contributed by atoms with Crippen LogP contribution in [0.2, 0.25) is 0 Å². The molecule has 0 unspecified atom stereocenters. The number of anilines is 1. The summed E-state index contributed by atoms with van der Waals surface area (Å²) < 4.78 is 6.83. The van der Waals surface area contributed by atoms with E-state index >= 15 is 0 Å². The molecule has 0 spiro atoms. The van der Waals surface area contributed by atoms with Gasteiger partial charge >= 0.3 is 0 Å². The van der Waals surface area contributed by atoms with Gasteiger partial charge < -0.3 is 10.5 Å². The molecule has 1 heterocycles. The molecule has 1 aromatic heterocycles. The first-order valence-corrected chi connectivity index (χ1v) is 5.20. The van der Waals surface area contributed by atoms with Gasteiger partial charge in [-0.15, -0.1) is 13.2 Å². The van der Waals surface area contributed by atoms with Gasteiger partial charge in [0.05, 0.1) is 19.9 Å². The van der Waals surface area contributed by atoms with Crippen LogP contribution in [-0.4, -0.2) is 16.9 Å². The Labute approximate surface area is 101 Å². The van der Waals surface area contributed by atoms with Gasteiger partial charge in [-0.1, -0.05) is 12.1 Å². The summed E-state index contributed by atoms with van der Waals surface area (Å²) in [5.41, 5.74) is 6.86. The molecule has 0 saturated heterocycles. The van der Waals surface area contributed by atoms with Gasteiger partial charge in [-0.25, -0.2) is 4.68 Å². The molecule has 0 aliphatic rings. The van der Waals surface area contributed by atoms with Crippen molar-refractivity contribution in [2.45, 2.75) is 6.54 Å². The highest BCUT2D eigenvalue weighted by Crippen LogP contribution is 2.13. The van der Waals surface area contributed by atoms with Crippen LogP contribution in [0, 0.1) is 0 Å². The summed E-state index contributed by atoms with van der Waals surface area (Å²) in [4.78, 5) is 0. The Morgan fingerprint density at radius 3 is 2.35 bits per heavy atom. The van der Waals surface area contributed by atoms with Crippen molar-refractivity contribution >= 4 is 5.82 Å². The Balaban J connectivity index is 0.000000686. The summed E-state index contributed by atoms with van der Waals surface area (Å²) in [7, 11) is 1.65. The molecule has 4 heteroatoms. The molecule has 0 fully saturated rings. The fourth-order valence-electron chi connectivity index (χ4n) is 1.38. The van der Waals surface area contributed by atoms with Gasteiger partial charge in [0.1, 0.15) is 11.6 Å². The minimum atomic E-state index is 0.672. The Morgan fingerprint density at radius 1 is 1.24 bits per heavy atom. The minimum absolute atomic E-state index is 0.672. The second kappa shape index (κ2) is 6.37. The molecule has 0 radical (unpaired) electrons. The zero-order chi connectivity index (χ0) is 12.7. The molecule has 0 aliphatic heterocycles. The number of hydrogen-bond acceptors (Lipinski definition) is 3. The summed E-state index contributed by atoms with van der Waals surface area (Å²) in [6.45, 7) is 6.68. The van der Waals surface area contributed by atoms with Crippen LogP contribution in [0.25, 0.3) is 0 Å². The fourth-order valence-corrected chi connectivity index (χ4v) is 1.38. The molecule has 2 rings (SSSR count). The number of hydrogen-bond donors (Lipinski definition) is 1. The van der Waals surface area contributed by atoms with Crippen LogP contribution in [0.15, 0.2) is 49.7 Å². The average Bonchev–Trinajstić information content (AvgIpc) is 2.79. The summed E-state index contributed by atoms with van der Waals surface area (Å²) in [5, 5.41) is 4.11. The van der Waals surface area contributed by atoms with Crippen LogP contribution in [-0.2, 0) is 6.54 Å². The van der Waals surface area contributed by atoms with Crippen molar-refractivity contribution in [2.75, 3.05) is 12.8 Å². The van der Waals surface area contributed by atoms with E-state index in [4.69, 9.17) is 10.5 Å². The highest BCUT2D eigenvalue weighted by molar-refractivity contribution is 5.30. The van der Waals surface area contributed by atoms with Crippen LogP contribution in [0.4, 0.5) is 5.82 Å². The lowest BCUT2D eigenvalue weighted by molar-refractivity contribution is 0.414. The van der Waals surface area contributed by atoms with Crippen molar-refractivity contribution in [3.63, 3.8) is 0 Å². The predicted molar refractivity (Wildman–Crippen MR) is 70.0 cm³/mol. The molecule has 0 amide bonds. The van der Waals surface area contributed by atoms with E-state index in [1.54, 1.807) is 24.1 Å². The average molecular weight is 231 g/mol. The SMILES string of the molecule is C=C.COc1ccc(Cn2nccc2N)cc1. The molecule has 90 valence electrons. The van der Waals surface area contributed by atoms with E-state index in [-0.39, 0.29) is 0 Å². The summed E-state index contributed by atoms with van der Waals surface area (Å²) in [5.74, 6) is 1.53. The Morgan fingerprint density at radius 2 is 1.88 bits per heavy atom. The van der Waals surface area contributed by atoms with E-state index in [9.17, 15) is 0 Å². The zero-order valence-electron chi connectivity index (χ0n) is 9.97. The number of rotatable bonds is 3. The van der Waals surface area contributed by atoms with Gasteiger partial charge in [0.25, 0.3) is 0 Å². The number of nitrogens with zero attached hydrogens (tertiary/aromatic N) is 2. The van der Waals surface area contributed by atoms with Crippen LogP contribution in [0.1, 0.15) is 5.56 Å². The normalized spacial score (nSPS) is 9.24. The lowest BCUT2D eigenvalue weighted by atomic mass is 10.2. The first kappa shape index (κ1) is 12.8. The van der Waals surface area contributed by atoms with Crippen LogP contribution in [0.3, 0.4) is 0 Å². The van der Waals surface area contributed by atoms with E-state index in [1.165, 1.54) is 0 Å². The van der Waals surface area contributed by atoms with Crippen molar-refractivity contribution < 1.29 is 4.74 Å². The monoisotopic (exact) mass is 231 g/mol. The molecule has 1 aromatic carbocycles. The lowest BCUT2D eigenvalue weighted by Crippen LogP contribution is -2.05. The van der Waals surface area contributed by atoms with E-state index in [2.05, 4.69) is 18.3 Å². The van der Waals surface area contributed by atoms with Crippen molar-refractivity contribution in [3.8, 4) is 5.75 Å². The van der Waals surface area contributed by atoms with E-state index in [0.29, 0.717) is 12.4 Å². The number of aromatic nitrogens is 2. The van der Waals surface area contributed by atoms with E-state index in [0.717, 1.165) is 11.3 Å². The Kier molecular flexibility index (Phi) is 4.81. The maximum atomic E-state index is 5.72. The van der Waals surface area contributed by atoms with Gasteiger partial charge in [-0.05, 0) is 23.8 Å². The number of benzene rings is 1. The fraction of sp³-hybridized carbons (Fsp3) is 0.154. The Bertz CT molecular complexity index is 448. The number of nitrogens with two attached hydrogens (primary N) is 1. The summed E-state index contributed by atoms with van der Waals surface area (Å²) in [6.07, 6.45) is 1.69. The van der Waals surface area contributed by atoms with Crippen molar-refractivity contribution in [1.82, 2.24) is 9.78 Å². The second-order valence-electron chi connectivity index (χ2n) is 3.26. The third kappa shape index (κ3) is 3.38. The molecule has 0 aliphatic carbocycles. The molecular formula is C13H17N3O. The van der Waals surface area contributed by atoms with Crippen LogP contribution < -0.4 is 10.5 Å².